The number of hydrogen-bond donors (Lipinski definition) is 3. The fraction of sp³-hybridized carbons (Fsp3) is 0.421. The van der Waals surface area contributed by atoms with Gasteiger partial charge in [-0.15, -0.1) is 0 Å². The Labute approximate surface area is 162 Å². The largest absolute Gasteiger partial charge is 0.396 e. The van der Waals surface area contributed by atoms with Crippen LogP contribution in [0.2, 0.25) is 5.02 Å². The second-order valence-corrected chi connectivity index (χ2v) is 7.49. The van der Waals surface area contributed by atoms with Crippen molar-refractivity contribution in [2.45, 2.75) is 38.3 Å². The molecule has 4 rings (SSSR count). The fourth-order valence-corrected chi connectivity index (χ4v) is 3.89. The Morgan fingerprint density at radius 1 is 1.26 bits per heavy atom. The summed E-state index contributed by atoms with van der Waals surface area (Å²) in [6.07, 6.45) is 5.72. The van der Waals surface area contributed by atoms with E-state index in [1.165, 1.54) is 0 Å². The molecule has 3 N–H and O–H groups in total. The number of aromatic nitrogens is 2. The number of para-hydroxylation sites is 1. The minimum atomic E-state index is -0.260. The number of rotatable bonds is 4. The number of amides is 2. The van der Waals surface area contributed by atoms with Crippen LogP contribution in [0.15, 0.2) is 30.5 Å². The van der Waals surface area contributed by atoms with Gasteiger partial charge in [-0.25, -0.2) is 9.78 Å². The van der Waals surface area contributed by atoms with Gasteiger partial charge in [-0.2, -0.15) is 4.98 Å². The van der Waals surface area contributed by atoms with E-state index >= 15 is 0 Å². The lowest BCUT2D eigenvalue weighted by molar-refractivity contribution is 0.185. The monoisotopic (exact) mass is 387 g/mol. The van der Waals surface area contributed by atoms with Crippen LogP contribution in [0.4, 0.5) is 22.2 Å². The van der Waals surface area contributed by atoms with Crippen molar-refractivity contribution in [3.05, 3.63) is 41.0 Å². The van der Waals surface area contributed by atoms with Crippen LogP contribution in [0.3, 0.4) is 0 Å². The molecule has 0 unspecified atom stereocenters. The van der Waals surface area contributed by atoms with Crippen LogP contribution < -0.4 is 15.5 Å². The third kappa shape index (κ3) is 3.84. The molecule has 2 aromatic rings. The van der Waals surface area contributed by atoms with E-state index in [2.05, 4.69) is 20.6 Å². The van der Waals surface area contributed by atoms with Crippen LogP contribution in [0.1, 0.15) is 31.2 Å². The molecule has 1 fully saturated rings. The summed E-state index contributed by atoms with van der Waals surface area (Å²) < 4.78 is 0. The predicted octanol–water partition coefficient (Wildman–Crippen LogP) is 3.65. The number of aliphatic hydroxyl groups is 1. The quantitative estimate of drug-likeness (QED) is 0.745. The number of anilines is 3. The van der Waals surface area contributed by atoms with E-state index in [9.17, 15) is 9.90 Å². The second kappa shape index (κ2) is 7.70. The molecule has 27 heavy (non-hydrogen) atoms. The molecule has 2 heterocycles. The zero-order valence-electron chi connectivity index (χ0n) is 14.9. The minimum absolute atomic E-state index is 0.260. The number of halogens is 1. The number of nitrogens with zero attached hydrogens (tertiary/aromatic N) is 3. The van der Waals surface area contributed by atoms with Crippen molar-refractivity contribution in [2.75, 3.05) is 22.1 Å². The van der Waals surface area contributed by atoms with Gasteiger partial charge in [-0.3, -0.25) is 10.2 Å². The molecule has 7 nitrogen and oxygen atoms in total. The highest BCUT2D eigenvalue weighted by Gasteiger charge is 2.27. The zero-order valence-corrected chi connectivity index (χ0v) is 15.6. The van der Waals surface area contributed by atoms with Gasteiger partial charge in [0.25, 0.3) is 0 Å². The average Bonchev–Trinajstić information content (AvgIpc) is 2.69. The van der Waals surface area contributed by atoms with Gasteiger partial charge >= 0.3 is 6.03 Å². The highest BCUT2D eigenvalue weighted by atomic mass is 35.5. The van der Waals surface area contributed by atoms with Crippen molar-refractivity contribution in [1.29, 1.82) is 0 Å². The summed E-state index contributed by atoms with van der Waals surface area (Å²) in [5.41, 5.74) is 1.49. The Bertz CT molecular complexity index is 839. The molecule has 8 heteroatoms. The van der Waals surface area contributed by atoms with E-state index in [1.54, 1.807) is 17.2 Å². The first kappa shape index (κ1) is 18.0. The van der Waals surface area contributed by atoms with Gasteiger partial charge in [-0.1, -0.05) is 23.7 Å². The second-order valence-electron chi connectivity index (χ2n) is 7.08. The van der Waals surface area contributed by atoms with E-state index in [1.807, 2.05) is 18.2 Å². The molecule has 1 saturated carbocycles. The van der Waals surface area contributed by atoms with Gasteiger partial charge < -0.3 is 10.4 Å². The van der Waals surface area contributed by atoms with Crippen molar-refractivity contribution >= 4 is 35.1 Å². The lowest BCUT2D eigenvalue weighted by atomic mass is 9.87. The van der Waals surface area contributed by atoms with Gasteiger partial charge in [0, 0.05) is 24.4 Å². The predicted molar refractivity (Wildman–Crippen MR) is 105 cm³/mol. The molecular formula is C19H22ClN5O2. The number of benzene rings is 1. The lowest BCUT2D eigenvalue weighted by Crippen LogP contribution is -2.39. The van der Waals surface area contributed by atoms with Gasteiger partial charge in [0.05, 0.1) is 17.3 Å². The number of carbonyl (C=O) groups excluding carboxylic acids is 1. The zero-order chi connectivity index (χ0) is 18.8. The molecule has 1 aliphatic carbocycles. The van der Waals surface area contributed by atoms with Gasteiger partial charge in [0.1, 0.15) is 5.82 Å². The van der Waals surface area contributed by atoms with E-state index in [0.29, 0.717) is 41.0 Å². The summed E-state index contributed by atoms with van der Waals surface area (Å²) in [4.78, 5) is 23.0. The van der Waals surface area contributed by atoms with Crippen LogP contribution in [0, 0.1) is 5.92 Å². The third-order valence-corrected chi connectivity index (χ3v) is 5.56. The topological polar surface area (TPSA) is 90.4 Å². The lowest BCUT2D eigenvalue weighted by Gasteiger charge is -2.30. The highest BCUT2D eigenvalue weighted by Crippen LogP contribution is 2.32. The maximum atomic E-state index is 12.5. The molecule has 142 valence electrons. The summed E-state index contributed by atoms with van der Waals surface area (Å²) >= 11 is 6.23. The Morgan fingerprint density at radius 2 is 2.04 bits per heavy atom. The number of hydrogen-bond acceptors (Lipinski definition) is 5. The van der Waals surface area contributed by atoms with Crippen LogP contribution in [-0.2, 0) is 6.54 Å². The Morgan fingerprint density at radius 3 is 2.78 bits per heavy atom. The van der Waals surface area contributed by atoms with Crippen molar-refractivity contribution in [3.8, 4) is 0 Å². The van der Waals surface area contributed by atoms with Crippen LogP contribution in [-0.4, -0.2) is 33.8 Å². The highest BCUT2D eigenvalue weighted by molar-refractivity contribution is 6.34. The summed E-state index contributed by atoms with van der Waals surface area (Å²) in [7, 11) is 0. The molecule has 0 bridgehead atoms. The van der Waals surface area contributed by atoms with E-state index in [4.69, 9.17) is 11.6 Å². The molecule has 0 saturated heterocycles. The standard InChI is InChI=1S/C19H22ClN5O2/c20-15-3-1-2-4-16(15)25-10-13-9-21-18(23-17(13)24-19(25)27)22-14-7-5-12(11-26)6-8-14/h1-4,9,12,14,26H,5-8,10-11H2,(H2,21,22,23,24,27). The van der Waals surface area contributed by atoms with Crippen molar-refractivity contribution in [1.82, 2.24) is 9.97 Å². The Hall–Kier alpha value is -2.38. The van der Waals surface area contributed by atoms with Gasteiger partial charge in [0.15, 0.2) is 0 Å². The molecule has 1 aromatic heterocycles. The van der Waals surface area contributed by atoms with E-state index < -0.39 is 0 Å². The number of carbonyl (C=O) groups is 1. The van der Waals surface area contributed by atoms with Crippen molar-refractivity contribution in [3.63, 3.8) is 0 Å². The molecular weight excluding hydrogens is 366 g/mol. The molecule has 1 aliphatic heterocycles. The number of aliphatic hydroxyl groups excluding tert-OH is 1. The first-order valence-electron chi connectivity index (χ1n) is 9.20. The minimum Gasteiger partial charge on any atom is -0.396 e. The summed E-state index contributed by atoms with van der Waals surface area (Å²) in [5.74, 6) is 1.46. The van der Waals surface area contributed by atoms with E-state index in [0.717, 1.165) is 31.2 Å². The van der Waals surface area contributed by atoms with Crippen LogP contribution in [0.25, 0.3) is 0 Å². The molecule has 2 amide bonds. The van der Waals surface area contributed by atoms with Crippen LogP contribution in [0.5, 0.6) is 0 Å². The smallest absolute Gasteiger partial charge is 0.327 e. The number of fused-ring (bicyclic) bond motifs is 1. The maximum Gasteiger partial charge on any atom is 0.327 e. The van der Waals surface area contributed by atoms with Crippen LogP contribution >= 0.6 is 11.6 Å². The first-order chi connectivity index (χ1) is 13.1. The molecule has 0 spiro atoms. The molecule has 0 atom stereocenters. The third-order valence-electron chi connectivity index (χ3n) is 5.24. The van der Waals surface area contributed by atoms with Gasteiger partial charge in [0.2, 0.25) is 5.95 Å². The number of urea groups is 1. The molecule has 0 radical (unpaired) electrons. The van der Waals surface area contributed by atoms with Crippen molar-refractivity contribution in [2.24, 2.45) is 5.92 Å². The Kier molecular flexibility index (Phi) is 5.13. The Balaban J connectivity index is 1.47. The normalized spacial score (nSPS) is 22.1. The number of nitrogens with one attached hydrogen (secondary N) is 2. The molecule has 1 aromatic carbocycles. The maximum absolute atomic E-state index is 12.5. The first-order valence-corrected chi connectivity index (χ1v) is 9.58. The molecule has 2 aliphatic rings. The fourth-order valence-electron chi connectivity index (χ4n) is 3.65. The summed E-state index contributed by atoms with van der Waals surface area (Å²) in [5, 5.41) is 16.0. The average molecular weight is 388 g/mol. The van der Waals surface area contributed by atoms with Gasteiger partial charge in [-0.05, 0) is 43.7 Å². The summed E-state index contributed by atoms with van der Waals surface area (Å²) in [6.45, 7) is 0.628. The summed E-state index contributed by atoms with van der Waals surface area (Å²) in [6, 6.07) is 7.28. The SMILES string of the molecule is O=C1Nc2nc(NC3CCC(CO)CC3)ncc2CN1c1ccccc1Cl. The van der Waals surface area contributed by atoms with Crippen molar-refractivity contribution < 1.29 is 9.90 Å². The van der Waals surface area contributed by atoms with E-state index in [-0.39, 0.29) is 12.6 Å².